The molecular formula is C9H10N10O3. The minimum absolute atomic E-state index is 0.384. The number of hydrogen-bond donors (Lipinski definition) is 3. The van der Waals surface area contributed by atoms with Gasteiger partial charge in [-0.15, -0.1) is 30.5 Å². The summed E-state index contributed by atoms with van der Waals surface area (Å²) in [6.07, 6.45) is 2.67. The molecule has 0 saturated heterocycles. The third-order valence-corrected chi connectivity index (χ3v) is 1.74. The summed E-state index contributed by atoms with van der Waals surface area (Å²) in [4.78, 5) is 13.8. The lowest BCUT2D eigenvalue weighted by atomic mass is 10.2. The SMILES string of the molecule is N=C(O[N+](=O)[O-])c1ccccc1.c1nn[nH]n1.c1nn[nH]n1. The standard InChI is InChI=1S/C7H6N2O3.2CH2N4/c8-7(12-9(10)11)6-4-2-1-3-5-6;2*1-2-4-5-3-1/h1-5,8H;2*1H,(H,2,3,4,5). The molecule has 1 aromatic carbocycles. The van der Waals surface area contributed by atoms with Crippen molar-refractivity contribution in [2.75, 3.05) is 0 Å². The maximum absolute atomic E-state index is 9.83. The van der Waals surface area contributed by atoms with Crippen LogP contribution >= 0.6 is 0 Å². The lowest BCUT2D eigenvalue weighted by Crippen LogP contribution is -2.10. The number of aromatic amines is 2. The molecule has 0 bridgehead atoms. The fraction of sp³-hybridized carbons (Fsp3) is 0. The number of nitrogens with one attached hydrogen (secondary N) is 3. The van der Waals surface area contributed by atoms with Crippen LogP contribution in [0.2, 0.25) is 0 Å². The van der Waals surface area contributed by atoms with Gasteiger partial charge in [0.05, 0.1) is 0 Å². The van der Waals surface area contributed by atoms with Crippen LogP contribution in [0.15, 0.2) is 43.0 Å². The first-order valence-corrected chi connectivity index (χ1v) is 5.49. The van der Waals surface area contributed by atoms with E-state index in [0.717, 1.165) is 0 Å². The molecule has 3 N–H and O–H groups in total. The fourth-order valence-electron chi connectivity index (χ4n) is 0.975. The van der Waals surface area contributed by atoms with E-state index in [-0.39, 0.29) is 0 Å². The highest BCUT2D eigenvalue weighted by Crippen LogP contribution is 2.00. The first kappa shape index (κ1) is 16.3. The van der Waals surface area contributed by atoms with Crippen molar-refractivity contribution in [3.05, 3.63) is 58.7 Å². The van der Waals surface area contributed by atoms with Crippen LogP contribution in [0, 0.1) is 15.5 Å². The van der Waals surface area contributed by atoms with E-state index in [0.29, 0.717) is 5.56 Å². The highest BCUT2D eigenvalue weighted by molar-refractivity contribution is 5.90. The monoisotopic (exact) mass is 306 g/mol. The van der Waals surface area contributed by atoms with Crippen molar-refractivity contribution in [2.45, 2.75) is 0 Å². The van der Waals surface area contributed by atoms with Crippen molar-refractivity contribution in [1.29, 1.82) is 5.41 Å². The van der Waals surface area contributed by atoms with E-state index in [1.807, 2.05) is 0 Å². The molecule has 0 atom stereocenters. The van der Waals surface area contributed by atoms with Crippen LogP contribution in [0.1, 0.15) is 5.56 Å². The number of hydrogen-bond acceptors (Lipinski definition) is 10. The Morgan fingerprint density at radius 1 is 1.09 bits per heavy atom. The van der Waals surface area contributed by atoms with Crippen LogP contribution in [-0.2, 0) is 4.84 Å². The molecule has 0 aliphatic heterocycles. The molecule has 0 aliphatic carbocycles. The van der Waals surface area contributed by atoms with Crippen LogP contribution in [0.4, 0.5) is 0 Å². The molecule has 0 radical (unpaired) electrons. The minimum Gasteiger partial charge on any atom is -0.279 e. The average molecular weight is 306 g/mol. The molecule has 0 spiro atoms. The van der Waals surface area contributed by atoms with Crippen molar-refractivity contribution < 1.29 is 9.92 Å². The molecule has 0 amide bonds. The van der Waals surface area contributed by atoms with Gasteiger partial charge in [0.1, 0.15) is 0 Å². The smallest absolute Gasteiger partial charge is 0.279 e. The summed E-state index contributed by atoms with van der Waals surface area (Å²) < 4.78 is 0. The quantitative estimate of drug-likeness (QED) is 0.245. The highest BCUT2D eigenvalue weighted by atomic mass is 17.0. The van der Waals surface area contributed by atoms with Crippen LogP contribution < -0.4 is 0 Å². The van der Waals surface area contributed by atoms with Crippen LogP contribution in [0.5, 0.6) is 0 Å². The van der Waals surface area contributed by atoms with E-state index in [4.69, 9.17) is 5.41 Å². The van der Waals surface area contributed by atoms with E-state index < -0.39 is 11.0 Å². The van der Waals surface area contributed by atoms with Crippen molar-refractivity contribution in [3.8, 4) is 0 Å². The van der Waals surface area contributed by atoms with E-state index in [9.17, 15) is 10.1 Å². The number of nitrogens with zero attached hydrogens (tertiary/aromatic N) is 7. The summed E-state index contributed by atoms with van der Waals surface area (Å²) >= 11 is 0. The second kappa shape index (κ2) is 10.1. The van der Waals surface area contributed by atoms with Crippen LogP contribution in [-0.4, -0.2) is 52.2 Å². The second-order valence-corrected chi connectivity index (χ2v) is 3.13. The molecule has 0 unspecified atom stereocenters. The predicted molar refractivity (Wildman–Crippen MR) is 69.7 cm³/mol. The molecule has 3 rings (SSSR count). The molecule has 13 heteroatoms. The topological polar surface area (TPSA) is 185 Å². The molecule has 114 valence electrons. The van der Waals surface area contributed by atoms with Crippen LogP contribution in [0.3, 0.4) is 0 Å². The lowest BCUT2D eigenvalue weighted by molar-refractivity contribution is -0.723. The third-order valence-electron chi connectivity index (χ3n) is 1.74. The summed E-state index contributed by atoms with van der Waals surface area (Å²) in [7, 11) is 0. The van der Waals surface area contributed by atoms with Crippen LogP contribution in [0.25, 0.3) is 0 Å². The molecule has 0 fully saturated rings. The van der Waals surface area contributed by atoms with Gasteiger partial charge in [0.15, 0.2) is 12.7 Å². The molecule has 22 heavy (non-hydrogen) atoms. The molecular weight excluding hydrogens is 296 g/mol. The van der Waals surface area contributed by atoms with E-state index in [1.54, 1.807) is 30.3 Å². The van der Waals surface area contributed by atoms with Gasteiger partial charge in [0.25, 0.3) is 0 Å². The van der Waals surface area contributed by atoms with Gasteiger partial charge in [0, 0.05) is 5.56 Å². The molecule has 3 aromatic rings. The van der Waals surface area contributed by atoms with Gasteiger partial charge in [-0.25, -0.2) is 0 Å². The van der Waals surface area contributed by atoms with Crippen molar-refractivity contribution in [1.82, 2.24) is 41.2 Å². The Bertz CT molecular complexity index is 566. The molecule has 2 heterocycles. The fourth-order valence-corrected chi connectivity index (χ4v) is 0.975. The van der Waals surface area contributed by atoms with E-state index >= 15 is 0 Å². The Hall–Kier alpha value is -3.77. The number of benzene rings is 1. The zero-order valence-corrected chi connectivity index (χ0v) is 10.9. The lowest BCUT2D eigenvalue weighted by Gasteiger charge is -1.98. The zero-order valence-electron chi connectivity index (χ0n) is 10.9. The Morgan fingerprint density at radius 3 is 1.95 bits per heavy atom. The van der Waals surface area contributed by atoms with E-state index in [2.05, 4.69) is 46.1 Å². The van der Waals surface area contributed by atoms with Gasteiger partial charge in [-0.1, -0.05) is 40.8 Å². The molecule has 0 saturated carbocycles. The highest BCUT2D eigenvalue weighted by Gasteiger charge is 2.04. The third kappa shape index (κ3) is 7.62. The summed E-state index contributed by atoms with van der Waals surface area (Å²) in [5, 5.41) is 40.3. The summed E-state index contributed by atoms with van der Waals surface area (Å²) in [6, 6.07) is 8.22. The number of aromatic nitrogens is 8. The maximum Gasteiger partial charge on any atom is 0.301 e. The number of H-pyrrole nitrogens is 2. The Balaban J connectivity index is 0.000000197. The van der Waals surface area contributed by atoms with Gasteiger partial charge in [0.2, 0.25) is 5.90 Å². The minimum atomic E-state index is -1.00. The largest absolute Gasteiger partial charge is 0.301 e. The number of rotatable bonds is 2. The van der Waals surface area contributed by atoms with Gasteiger partial charge >= 0.3 is 5.09 Å². The molecule has 13 nitrogen and oxygen atoms in total. The zero-order chi connectivity index (χ0) is 16.0. The average Bonchev–Trinajstić information content (AvgIpc) is 3.25. The summed E-state index contributed by atoms with van der Waals surface area (Å²) in [5.74, 6) is -0.458. The Kier molecular flexibility index (Phi) is 7.45. The summed E-state index contributed by atoms with van der Waals surface area (Å²) in [5.41, 5.74) is 0.384. The first-order valence-electron chi connectivity index (χ1n) is 5.49. The molecule has 2 aromatic heterocycles. The summed E-state index contributed by atoms with van der Waals surface area (Å²) in [6.45, 7) is 0. The number of tetrazole rings is 2. The van der Waals surface area contributed by atoms with Gasteiger partial charge in [-0.3, -0.25) is 10.2 Å². The Morgan fingerprint density at radius 2 is 1.64 bits per heavy atom. The Labute approximate surface area is 122 Å². The van der Waals surface area contributed by atoms with Gasteiger partial charge in [-0.05, 0) is 0 Å². The molecule has 0 aliphatic rings. The predicted octanol–water partition coefficient (Wildman–Crippen LogP) is -0.380. The van der Waals surface area contributed by atoms with Crippen molar-refractivity contribution in [3.63, 3.8) is 0 Å². The van der Waals surface area contributed by atoms with Crippen molar-refractivity contribution >= 4 is 5.90 Å². The normalized spacial score (nSPS) is 8.55. The maximum atomic E-state index is 9.83. The van der Waals surface area contributed by atoms with Gasteiger partial charge in [-0.2, -0.15) is 10.4 Å². The van der Waals surface area contributed by atoms with Crippen molar-refractivity contribution in [2.24, 2.45) is 0 Å². The van der Waals surface area contributed by atoms with Gasteiger partial charge < -0.3 is 0 Å². The second-order valence-electron chi connectivity index (χ2n) is 3.13. The van der Waals surface area contributed by atoms with E-state index in [1.165, 1.54) is 12.7 Å². The first-order chi connectivity index (χ1) is 10.7.